The molecule has 1 aromatic rings. The third-order valence-corrected chi connectivity index (χ3v) is 3.41. The molecule has 0 aliphatic heterocycles. The summed E-state index contributed by atoms with van der Waals surface area (Å²) in [5.41, 5.74) is 0.321. The van der Waals surface area contributed by atoms with Crippen LogP contribution in [0.15, 0.2) is 24.3 Å². The van der Waals surface area contributed by atoms with Gasteiger partial charge in [0.25, 0.3) is 0 Å². The van der Waals surface area contributed by atoms with Crippen molar-refractivity contribution in [3.05, 3.63) is 35.6 Å². The zero-order chi connectivity index (χ0) is 14.6. The summed E-state index contributed by atoms with van der Waals surface area (Å²) in [6.07, 6.45) is 0. The van der Waals surface area contributed by atoms with Crippen molar-refractivity contribution in [1.82, 2.24) is 10.2 Å². The number of hydrogen-bond donors (Lipinski definition) is 1. The second-order valence-corrected chi connectivity index (χ2v) is 5.30. The molecule has 19 heavy (non-hydrogen) atoms. The summed E-state index contributed by atoms with van der Waals surface area (Å²) in [5, 5.41) is 3.17. The molecule has 4 heteroatoms. The van der Waals surface area contributed by atoms with E-state index in [9.17, 15) is 9.18 Å². The zero-order valence-electron chi connectivity index (χ0n) is 12.3. The Labute approximate surface area is 114 Å². The molecule has 1 aromatic carbocycles. The van der Waals surface area contributed by atoms with Crippen LogP contribution in [-0.4, -0.2) is 29.9 Å². The SMILES string of the molecule is CCNC(C)(C)C(=O)N(C)C(C)c1ccc(F)cc1. The molecule has 0 bridgehead atoms. The average molecular weight is 266 g/mol. The Balaban J connectivity index is 2.84. The molecule has 0 saturated carbocycles. The van der Waals surface area contributed by atoms with E-state index < -0.39 is 5.54 Å². The van der Waals surface area contributed by atoms with Crippen LogP contribution in [0.1, 0.15) is 39.3 Å². The lowest BCUT2D eigenvalue weighted by atomic mass is 10.0. The first-order chi connectivity index (χ1) is 8.79. The van der Waals surface area contributed by atoms with Gasteiger partial charge in [-0.05, 0) is 45.0 Å². The fourth-order valence-corrected chi connectivity index (χ4v) is 2.10. The Morgan fingerprint density at radius 2 is 1.89 bits per heavy atom. The lowest BCUT2D eigenvalue weighted by Crippen LogP contribution is -2.53. The summed E-state index contributed by atoms with van der Waals surface area (Å²) in [6.45, 7) is 8.38. The maximum atomic E-state index is 12.9. The summed E-state index contributed by atoms with van der Waals surface area (Å²) in [7, 11) is 1.77. The molecule has 0 fully saturated rings. The maximum absolute atomic E-state index is 12.9. The van der Waals surface area contributed by atoms with Gasteiger partial charge in [-0.25, -0.2) is 4.39 Å². The van der Waals surface area contributed by atoms with Gasteiger partial charge < -0.3 is 10.2 Å². The van der Waals surface area contributed by atoms with Crippen LogP contribution in [0.3, 0.4) is 0 Å². The molecule has 3 nitrogen and oxygen atoms in total. The van der Waals surface area contributed by atoms with E-state index in [4.69, 9.17) is 0 Å². The van der Waals surface area contributed by atoms with E-state index in [0.29, 0.717) is 0 Å². The number of halogens is 1. The number of benzene rings is 1. The van der Waals surface area contributed by atoms with Gasteiger partial charge in [-0.1, -0.05) is 19.1 Å². The second-order valence-electron chi connectivity index (χ2n) is 5.30. The molecular formula is C15H23FN2O. The number of carbonyl (C=O) groups is 1. The number of likely N-dealkylation sites (N-methyl/N-ethyl adjacent to an activating group) is 2. The Hall–Kier alpha value is -1.42. The first-order valence-corrected chi connectivity index (χ1v) is 6.57. The summed E-state index contributed by atoms with van der Waals surface area (Å²) < 4.78 is 12.9. The predicted octanol–water partition coefficient (Wildman–Crippen LogP) is 2.73. The molecule has 1 rings (SSSR count). The fraction of sp³-hybridized carbons (Fsp3) is 0.533. The van der Waals surface area contributed by atoms with E-state index >= 15 is 0 Å². The first kappa shape index (κ1) is 15.6. The molecular weight excluding hydrogens is 243 g/mol. The van der Waals surface area contributed by atoms with E-state index in [-0.39, 0.29) is 17.8 Å². The van der Waals surface area contributed by atoms with E-state index in [1.54, 1.807) is 24.1 Å². The molecule has 1 unspecified atom stereocenters. The third kappa shape index (κ3) is 3.77. The van der Waals surface area contributed by atoms with E-state index in [2.05, 4.69) is 5.32 Å². The van der Waals surface area contributed by atoms with Crippen molar-refractivity contribution in [2.24, 2.45) is 0 Å². The maximum Gasteiger partial charge on any atom is 0.242 e. The number of nitrogens with one attached hydrogen (secondary N) is 1. The molecule has 1 N–H and O–H groups in total. The fourth-order valence-electron chi connectivity index (χ4n) is 2.10. The largest absolute Gasteiger partial charge is 0.337 e. The lowest BCUT2D eigenvalue weighted by molar-refractivity contribution is -0.137. The van der Waals surface area contributed by atoms with Crippen LogP contribution < -0.4 is 5.32 Å². The molecule has 0 aromatic heterocycles. The number of nitrogens with zero attached hydrogens (tertiary/aromatic N) is 1. The number of amides is 1. The van der Waals surface area contributed by atoms with Crippen LogP contribution in [0.2, 0.25) is 0 Å². The van der Waals surface area contributed by atoms with Crippen molar-refractivity contribution in [3.8, 4) is 0 Å². The highest BCUT2D eigenvalue weighted by Gasteiger charge is 2.31. The predicted molar refractivity (Wildman–Crippen MR) is 75.3 cm³/mol. The third-order valence-electron chi connectivity index (χ3n) is 3.41. The molecule has 1 atom stereocenters. The summed E-state index contributed by atoms with van der Waals surface area (Å²) in [5.74, 6) is -0.246. The van der Waals surface area contributed by atoms with Gasteiger partial charge in [-0.3, -0.25) is 4.79 Å². The van der Waals surface area contributed by atoms with Gasteiger partial charge in [0.15, 0.2) is 0 Å². The molecule has 1 amide bonds. The van der Waals surface area contributed by atoms with Crippen LogP contribution >= 0.6 is 0 Å². The van der Waals surface area contributed by atoms with Crippen LogP contribution in [-0.2, 0) is 4.79 Å². The molecule has 0 aliphatic carbocycles. The number of carbonyl (C=O) groups excluding carboxylic acids is 1. The second kappa shape index (κ2) is 6.15. The van der Waals surface area contributed by atoms with E-state index in [1.807, 2.05) is 27.7 Å². The van der Waals surface area contributed by atoms with Crippen molar-refractivity contribution < 1.29 is 9.18 Å². The highest BCUT2D eigenvalue weighted by Crippen LogP contribution is 2.21. The van der Waals surface area contributed by atoms with Crippen molar-refractivity contribution in [3.63, 3.8) is 0 Å². The quantitative estimate of drug-likeness (QED) is 0.888. The standard InChI is InChI=1S/C15H23FN2O/c1-6-17-15(3,4)14(19)18(5)11(2)12-7-9-13(16)10-8-12/h7-11,17H,6H2,1-5H3. The molecule has 0 aliphatic rings. The first-order valence-electron chi connectivity index (χ1n) is 6.57. The van der Waals surface area contributed by atoms with Gasteiger partial charge in [-0.15, -0.1) is 0 Å². The molecule has 106 valence electrons. The van der Waals surface area contributed by atoms with Crippen LogP contribution in [0.25, 0.3) is 0 Å². The minimum atomic E-state index is -0.599. The topological polar surface area (TPSA) is 32.3 Å². The highest BCUT2D eigenvalue weighted by atomic mass is 19.1. The average Bonchev–Trinajstić information content (AvgIpc) is 2.37. The Morgan fingerprint density at radius 3 is 2.37 bits per heavy atom. The van der Waals surface area contributed by atoms with E-state index in [0.717, 1.165) is 12.1 Å². The van der Waals surface area contributed by atoms with Crippen LogP contribution in [0, 0.1) is 5.82 Å². The highest BCUT2D eigenvalue weighted by molar-refractivity contribution is 5.85. The number of hydrogen-bond acceptors (Lipinski definition) is 2. The monoisotopic (exact) mass is 266 g/mol. The molecule has 0 radical (unpaired) electrons. The summed E-state index contributed by atoms with van der Waals surface area (Å²) >= 11 is 0. The van der Waals surface area contributed by atoms with Gasteiger partial charge in [0, 0.05) is 7.05 Å². The van der Waals surface area contributed by atoms with Crippen molar-refractivity contribution in [2.45, 2.75) is 39.3 Å². The number of rotatable bonds is 5. The van der Waals surface area contributed by atoms with Gasteiger partial charge in [-0.2, -0.15) is 0 Å². The molecule has 0 saturated heterocycles. The molecule has 0 spiro atoms. The zero-order valence-corrected chi connectivity index (χ0v) is 12.3. The Kier molecular flexibility index (Phi) is 5.06. The van der Waals surface area contributed by atoms with Gasteiger partial charge >= 0.3 is 0 Å². The smallest absolute Gasteiger partial charge is 0.242 e. The van der Waals surface area contributed by atoms with Gasteiger partial charge in [0.1, 0.15) is 5.82 Å². The Morgan fingerprint density at radius 1 is 1.37 bits per heavy atom. The van der Waals surface area contributed by atoms with Gasteiger partial charge in [0.05, 0.1) is 11.6 Å². The molecule has 0 heterocycles. The minimum absolute atomic E-state index is 0.0196. The van der Waals surface area contributed by atoms with Gasteiger partial charge in [0.2, 0.25) is 5.91 Å². The summed E-state index contributed by atoms with van der Waals surface area (Å²) in [6, 6.07) is 6.17. The van der Waals surface area contributed by atoms with E-state index in [1.165, 1.54) is 12.1 Å². The lowest BCUT2D eigenvalue weighted by Gasteiger charge is -2.34. The van der Waals surface area contributed by atoms with Crippen molar-refractivity contribution in [1.29, 1.82) is 0 Å². The van der Waals surface area contributed by atoms with Crippen molar-refractivity contribution in [2.75, 3.05) is 13.6 Å². The van der Waals surface area contributed by atoms with Crippen molar-refractivity contribution >= 4 is 5.91 Å². The minimum Gasteiger partial charge on any atom is -0.337 e. The van der Waals surface area contributed by atoms with Crippen LogP contribution in [0.5, 0.6) is 0 Å². The summed E-state index contributed by atoms with van der Waals surface area (Å²) in [4.78, 5) is 14.1. The Bertz CT molecular complexity index is 428. The normalized spacial score (nSPS) is 13.2. The van der Waals surface area contributed by atoms with Crippen LogP contribution in [0.4, 0.5) is 4.39 Å².